The van der Waals surface area contributed by atoms with Crippen molar-refractivity contribution in [3.05, 3.63) is 91.8 Å². The summed E-state index contributed by atoms with van der Waals surface area (Å²) >= 11 is 24.2. The molecule has 6 nitrogen and oxygen atoms in total. The maximum Gasteiger partial charge on any atom is 0.176 e. The molecular formula is C24H23Cl3N6S. The maximum atomic E-state index is 6.39. The highest BCUT2D eigenvalue weighted by atomic mass is 35.5. The average molecular weight is 534 g/mol. The third-order valence-electron chi connectivity index (χ3n) is 5.37. The van der Waals surface area contributed by atoms with Crippen LogP contribution in [0.4, 0.5) is 11.5 Å². The van der Waals surface area contributed by atoms with E-state index >= 15 is 0 Å². The number of anilines is 2. The monoisotopic (exact) mass is 532 g/mol. The van der Waals surface area contributed by atoms with Gasteiger partial charge in [-0.25, -0.2) is 0 Å². The Kier molecular flexibility index (Phi) is 7.48. The minimum absolute atomic E-state index is 0.373. The standard InChI is InChI=1S/C24H23Cl3N6S/c1-14-4-6-17(7-5-14)11-33-16(3)22(15(2)30-33)28-24(34)29-23-21(27)13-32(31-23)12-18-8-9-19(25)10-20(18)26/h4-10,13H,11-12H2,1-3H3,(H2,28,29,31,34). The molecule has 4 rings (SSSR count). The molecule has 0 radical (unpaired) electrons. The third kappa shape index (κ3) is 5.73. The van der Waals surface area contributed by atoms with Crippen LogP contribution in [0.5, 0.6) is 0 Å². The van der Waals surface area contributed by atoms with E-state index in [1.165, 1.54) is 11.1 Å². The van der Waals surface area contributed by atoms with Crippen LogP contribution in [-0.2, 0) is 13.1 Å². The van der Waals surface area contributed by atoms with Crippen LogP contribution in [0.3, 0.4) is 0 Å². The molecule has 2 aromatic heterocycles. The van der Waals surface area contributed by atoms with E-state index in [-0.39, 0.29) is 0 Å². The second kappa shape index (κ2) is 10.4. The first-order valence-electron chi connectivity index (χ1n) is 10.5. The van der Waals surface area contributed by atoms with Gasteiger partial charge in [-0.1, -0.05) is 70.7 Å². The molecule has 176 valence electrons. The van der Waals surface area contributed by atoms with Crippen molar-refractivity contribution < 1.29 is 0 Å². The fourth-order valence-corrected chi connectivity index (χ4v) is 4.40. The highest BCUT2D eigenvalue weighted by Crippen LogP contribution is 2.25. The first-order valence-corrected chi connectivity index (χ1v) is 12.1. The Labute approximate surface area is 218 Å². The maximum absolute atomic E-state index is 6.39. The molecule has 0 saturated heterocycles. The Morgan fingerprint density at radius 2 is 1.65 bits per heavy atom. The number of benzene rings is 2. The molecule has 0 fully saturated rings. The zero-order valence-corrected chi connectivity index (χ0v) is 21.9. The third-order valence-corrected chi connectivity index (χ3v) is 6.44. The Hall–Kier alpha value is -2.58. The van der Waals surface area contributed by atoms with Gasteiger partial charge in [0.05, 0.1) is 30.2 Å². The van der Waals surface area contributed by atoms with Crippen LogP contribution in [-0.4, -0.2) is 24.7 Å². The topological polar surface area (TPSA) is 59.7 Å². The number of aryl methyl sites for hydroxylation is 2. The fourth-order valence-electron chi connectivity index (χ4n) is 3.54. The Morgan fingerprint density at radius 1 is 0.912 bits per heavy atom. The Morgan fingerprint density at radius 3 is 2.35 bits per heavy atom. The summed E-state index contributed by atoms with van der Waals surface area (Å²) in [5, 5.41) is 17.4. The average Bonchev–Trinajstić information content (AvgIpc) is 3.25. The summed E-state index contributed by atoms with van der Waals surface area (Å²) in [7, 11) is 0. The van der Waals surface area contributed by atoms with Gasteiger partial charge in [0, 0.05) is 16.2 Å². The van der Waals surface area contributed by atoms with Gasteiger partial charge in [-0.3, -0.25) is 9.36 Å². The highest BCUT2D eigenvalue weighted by molar-refractivity contribution is 7.80. The molecule has 0 saturated carbocycles. The molecule has 0 amide bonds. The molecule has 0 aliphatic carbocycles. The normalized spacial score (nSPS) is 11.0. The van der Waals surface area contributed by atoms with E-state index < -0.39 is 0 Å². The smallest absolute Gasteiger partial charge is 0.176 e. The zero-order valence-electron chi connectivity index (χ0n) is 18.9. The van der Waals surface area contributed by atoms with Crippen LogP contribution in [0, 0.1) is 20.8 Å². The second-order valence-electron chi connectivity index (χ2n) is 8.03. The van der Waals surface area contributed by atoms with Crippen molar-refractivity contribution in [1.82, 2.24) is 19.6 Å². The van der Waals surface area contributed by atoms with Crippen LogP contribution in [0.2, 0.25) is 15.1 Å². The van der Waals surface area contributed by atoms with Crippen LogP contribution < -0.4 is 10.6 Å². The lowest BCUT2D eigenvalue weighted by atomic mass is 10.1. The van der Waals surface area contributed by atoms with Crippen molar-refractivity contribution in [2.24, 2.45) is 0 Å². The van der Waals surface area contributed by atoms with E-state index in [0.717, 1.165) is 22.6 Å². The van der Waals surface area contributed by atoms with Crippen molar-refractivity contribution >= 4 is 63.6 Å². The summed E-state index contributed by atoms with van der Waals surface area (Å²) in [6.45, 7) is 7.16. The van der Waals surface area contributed by atoms with Crippen molar-refractivity contribution in [1.29, 1.82) is 0 Å². The zero-order chi connectivity index (χ0) is 24.4. The summed E-state index contributed by atoms with van der Waals surface area (Å²) in [5.41, 5.74) is 5.98. The van der Waals surface area contributed by atoms with Crippen molar-refractivity contribution in [3.63, 3.8) is 0 Å². The number of nitrogens with zero attached hydrogens (tertiary/aromatic N) is 4. The molecule has 0 aliphatic rings. The quantitative estimate of drug-likeness (QED) is 0.265. The molecule has 2 aromatic carbocycles. The summed E-state index contributed by atoms with van der Waals surface area (Å²) in [5.74, 6) is 0.451. The van der Waals surface area contributed by atoms with Crippen LogP contribution in [0.1, 0.15) is 28.1 Å². The molecular weight excluding hydrogens is 511 g/mol. The van der Waals surface area contributed by atoms with Gasteiger partial charge in [-0.15, -0.1) is 0 Å². The lowest BCUT2D eigenvalue weighted by molar-refractivity contribution is 0.659. The molecule has 0 aliphatic heterocycles. The van der Waals surface area contributed by atoms with E-state index in [2.05, 4.69) is 52.0 Å². The van der Waals surface area contributed by atoms with Gasteiger partial charge in [0.15, 0.2) is 10.9 Å². The first-order chi connectivity index (χ1) is 16.2. The number of aromatic nitrogens is 4. The van der Waals surface area contributed by atoms with Gasteiger partial charge < -0.3 is 10.6 Å². The van der Waals surface area contributed by atoms with Crippen LogP contribution in [0.25, 0.3) is 0 Å². The van der Waals surface area contributed by atoms with Gasteiger partial charge in [0.2, 0.25) is 0 Å². The Bertz CT molecular complexity index is 1340. The number of thiocarbonyl (C=S) groups is 1. The van der Waals surface area contributed by atoms with E-state index in [0.29, 0.717) is 39.1 Å². The minimum atomic E-state index is 0.373. The number of halogens is 3. The molecule has 34 heavy (non-hydrogen) atoms. The van der Waals surface area contributed by atoms with Gasteiger partial charge in [0.25, 0.3) is 0 Å². The summed E-state index contributed by atoms with van der Waals surface area (Å²) < 4.78 is 3.65. The molecule has 0 atom stereocenters. The number of hydrogen-bond acceptors (Lipinski definition) is 3. The summed E-state index contributed by atoms with van der Waals surface area (Å²) in [6.07, 6.45) is 1.72. The largest absolute Gasteiger partial charge is 0.329 e. The molecule has 10 heteroatoms. The van der Waals surface area contributed by atoms with E-state index in [1.54, 1.807) is 23.0 Å². The number of nitrogens with one attached hydrogen (secondary N) is 2. The molecule has 2 N–H and O–H groups in total. The fraction of sp³-hybridized carbons (Fsp3) is 0.208. The lowest BCUT2D eigenvalue weighted by Crippen LogP contribution is -2.20. The Balaban J connectivity index is 1.44. The van der Waals surface area contributed by atoms with Crippen molar-refractivity contribution in [2.45, 2.75) is 33.9 Å². The second-order valence-corrected chi connectivity index (χ2v) is 9.69. The van der Waals surface area contributed by atoms with Crippen molar-refractivity contribution in [2.75, 3.05) is 10.6 Å². The number of rotatable bonds is 6. The van der Waals surface area contributed by atoms with Gasteiger partial charge in [-0.2, -0.15) is 10.2 Å². The molecule has 0 bridgehead atoms. The van der Waals surface area contributed by atoms with Crippen LogP contribution >= 0.6 is 47.0 Å². The molecule has 0 unspecified atom stereocenters. The highest BCUT2D eigenvalue weighted by Gasteiger charge is 2.15. The summed E-state index contributed by atoms with van der Waals surface area (Å²) in [4.78, 5) is 0. The predicted octanol–water partition coefficient (Wildman–Crippen LogP) is 6.87. The molecule has 2 heterocycles. The van der Waals surface area contributed by atoms with Gasteiger partial charge in [0.1, 0.15) is 5.02 Å². The van der Waals surface area contributed by atoms with Crippen LogP contribution in [0.15, 0.2) is 48.7 Å². The van der Waals surface area contributed by atoms with Gasteiger partial charge in [-0.05, 0) is 56.2 Å². The molecule has 4 aromatic rings. The lowest BCUT2D eigenvalue weighted by Gasteiger charge is -2.10. The van der Waals surface area contributed by atoms with E-state index in [9.17, 15) is 0 Å². The molecule has 0 spiro atoms. The predicted molar refractivity (Wildman–Crippen MR) is 145 cm³/mol. The SMILES string of the molecule is Cc1ccc(Cn2nc(C)c(NC(=S)Nc3nn(Cc4ccc(Cl)cc4Cl)cc3Cl)c2C)cc1. The number of hydrogen-bond donors (Lipinski definition) is 2. The minimum Gasteiger partial charge on any atom is -0.329 e. The van der Waals surface area contributed by atoms with E-state index in [1.807, 2.05) is 24.6 Å². The summed E-state index contributed by atoms with van der Waals surface area (Å²) in [6, 6.07) is 13.8. The van der Waals surface area contributed by atoms with Gasteiger partial charge >= 0.3 is 0 Å². The van der Waals surface area contributed by atoms with E-state index in [4.69, 9.17) is 47.0 Å². The first kappa shape index (κ1) is 24.5. The van der Waals surface area contributed by atoms with Crippen molar-refractivity contribution in [3.8, 4) is 0 Å².